The van der Waals surface area contributed by atoms with Crippen molar-refractivity contribution in [1.29, 1.82) is 0 Å². The number of unbranched alkanes of at least 4 members (excludes halogenated alkanes) is 3. The second-order valence-corrected chi connectivity index (χ2v) is 5.50. The first-order valence-corrected chi connectivity index (χ1v) is 7.77. The minimum Gasteiger partial charge on any atom is -0.424 e. The number of nitrogens with zero attached hydrogens (tertiary/aromatic N) is 1. The highest BCUT2D eigenvalue weighted by Crippen LogP contribution is 2.24. The molecule has 3 nitrogen and oxygen atoms in total. The van der Waals surface area contributed by atoms with Crippen molar-refractivity contribution in [2.24, 2.45) is 5.92 Å². The van der Waals surface area contributed by atoms with Gasteiger partial charge >= 0.3 is 5.97 Å². The Balaban J connectivity index is 1.98. The fourth-order valence-corrected chi connectivity index (χ4v) is 2.36. The van der Waals surface area contributed by atoms with E-state index in [0.717, 1.165) is 23.7 Å². The lowest BCUT2D eigenvalue weighted by atomic mass is 10.0. The number of carbonyl (C=O) groups excluding carboxylic acids is 1. The van der Waals surface area contributed by atoms with Crippen molar-refractivity contribution < 1.29 is 9.53 Å². The third kappa shape index (κ3) is 4.28. The monoisotopic (exact) mass is 285 g/mol. The van der Waals surface area contributed by atoms with Gasteiger partial charge in [0.15, 0.2) is 5.75 Å². The lowest BCUT2D eigenvalue weighted by Gasteiger charge is -2.12. The maximum absolute atomic E-state index is 12.2. The first kappa shape index (κ1) is 15.5. The van der Waals surface area contributed by atoms with Crippen molar-refractivity contribution in [3.8, 4) is 5.75 Å². The van der Waals surface area contributed by atoms with Crippen molar-refractivity contribution >= 4 is 16.9 Å². The predicted molar refractivity (Wildman–Crippen MR) is 85.3 cm³/mol. The summed E-state index contributed by atoms with van der Waals surface area (Å²) in [7, 11) is 0. The van der Waals surface area contributed by atoms with Gasteiger partial charge in [-0.15, -0.1) is 0 Å². The van der Waals surface area contributed by atoms with E-state index in [9.17, 15) is 4.79 Å². The second kappa shape index (κ2) is 7.77. The molecule has 0 saturated heterocycles. The van der Waals surface area contributed by atoms with Gasteiger partial charge in [0, 0.05) is 11.6 Å². The number of benzene rings is 1. The molecular formula is C18H23NO2. The van der Waals surface area contributed by atoms with Crippen LogP contribution in [0.3, 0.4) is 0 Å². The molecule has 21 heavy (non-hydrogen) atoms. The lowest BCUT2D eigenvalue weighted by Crippen LogP contribution is -2.18. The van der Waals surface area contributed by atoms with Crippen LogP contribution in [-0.2, 0) is 4.79 Å². The molecular weight excluding hydrogens is 262 g/mol. The smallest absolute Gasteiger partial charge is 0.314 e. The summed E-state index contributed by atoms with van der Waals surface area (Å²) in [6, 6.07) is 9.50. The van der Waals surface area contributed by atoms with E-state index in [1.54, 1.807) is 12.3 Å². The summed E-state index contributed by atoms with van der Waals surface area (Å²) in [4.78, 5) is 16.5. The van der Waals surface area contributed by atoms with Crippen LogP contribution in [0.1, 0.15) is 46.0 Å². The van der Waals surface area contributed by atoms with Crippen molar-refractivity contribution in [2.45, 2.75) is 46.0 Å². The molecule has 3 heteroatoms. The summed E-state index contributed by atoms with van der Waals surface area (Å²) < 4.78 is 5.55. The van der Waals surface area contributed by atoms with E-state index in [1.807, 2.05) is 31.2 Å². The van der Waals surface area contributed by atoms with Gasteiger partial charge in [0.2, 0.25) is 0 Å². The molecule has 0 amide bonds. The Morgan fingerprint density at radius 3 is 2.81 bits per heavy atom. The van der Waals surface area contributed by atoms with Gasteiger partial charge in [-0.2, -0.15) is 0 Å². The Morgan fingerprint density at radius 1 is 1.19 bits per heavy atom. The average molecular weight is 285 g/mol. The van der Waals surface area contributed by atoms with Gasteiger partial charge in [0.05, 0.1) is 5.92 Å². The summed E-state index contributed by atoms with van der Waals surface area (Å²) in [6.07, 6.45) is 7.31. The summed E-state index contributed by atoms with van der Waals surface area (Å²) >= 11 is 0. The van der Waals surface area contributed by atoms with Gasteiger partial charge in [-0.3, -0.25) is 9.78 Å². The highest BCUT2D eigenvalue weighted by atomic mass is 16.5. The first-order valence-electron chi connectivity index (χ1n) is 7.77. The summed E-state index contributed by atoms with van der Waals surface area (Å²) in [5, 5.41) is 0.985. The van der Waals surface area contributed by atoms with Crippen LogP contribution >= 0.6 is 0 Å². The molecule has 112 valence electrons. The van der Waals surface area contributed by atoms with E-state index in [1.165, 1.54) is 19.3 Å². The van der Waals surface area contributed by atoms with Crippen LogP contribution in [0.5, 0.6) is 5.75 Å². The van der Waals surface area contributed by atoms with E-state index in [2.05, 4.69) is 11.9 Å². The third-order valence-electron chi connectivity index (χ3n) is 3.70. The van der Waals surface area contributed by atoms with E-state index < -0.39 is 0 Å². The molecule has 0 aliphatic carbocycles. The first-order chi connectivity index (χ1) is 10.2. The van der Waals surface area contributed by atoms with Crippen LogP contribution < -0.4 is 4.74 Å². The predicted octanol–water partition coefficient (Wildman–Crippen LogP) is 4.75. The zero-order chi connectivity index (χ0) is 15.1. The number of aromatic nitrogens is 1. The van der Waals surface area contributed by atoms with Gasteiger partial charge in [-0.05, 0) is 18.6 Å². The molecule has 0 aliphatic heterocycles. The molecule has 0 aliphatic rings. The molecule has 2 aromatic rings. The lowest BCUT2D eigenvalue weighted by molar-refractivity contribution is -0.138. The van der Waals surface area contributed by atoms with Gasteiger partial charge < -0.3 is 4.74 Å². The maximum Gasteiger partial charge on any atom is 0.314 e. The van der Waals surface area contributed by atoms with Gasteiger partial charge in [-0.1, -0.05) is 57.7 Å². The topological polar surface area (TPSA) is 39.2 Å². The van der Waals surface area contributed by atoms with Gasteiger partial charge in [0.1, 0.15) is 5.52 Å². The Morgan fingerprint density at radius 2 is 2.00 bits per heavy atom. The number of hydrogen-bond donors (Lipinski definition) is 0. The molecule has 0 saturated carbocycles. The standard InChI is InChI=1S/C18H23NO2/c1-3-4-5-6-9-14(2)18(20)21-16-12-7-10-15-11-8-13-19-17(15)16/h7-8,10-14H,3-6,9H2,1-2H3. The fourth-order valence-electron chi connectivity index (χ4n) is 2.36. The van der Waals surface area contributed by atoms with Gasteiger partial charge in [0.25, 0.3) is 0 Å². The van der Waals surface area contributed by atoms with E-state index in [0.29, 0.717) is 5.75 Å². The highest BCUT2D eigenvalue weighted by molar-refractivity contribution is 5.87. The SMILES string of the molecule is CCCCCCC(C)C(=O)Oc1cccc2cccnc12. The largest absolute Gasteiger partial charge is 0.424 e. The minimum absolute atomic E-state index is 0.0687. The van der Waals surface area contributed by atoms with Crippen LogP contribution in [-0.4, -0.2) is 11.0 Å². The molecule has 0 radical (unpaired) electrons. The fraction of sp³-hybridized carbons (Fsp3) is 0.444. The molecule has 1 aromatic heterocycles. The van der Waals surface area contributed by atoms with Crippen molar-refractivity contribution in [3.05, 3.63) is 36.5 Å². The number of fused-ring (bicyclic) bond motifs is 1. The quantitative estimate of drug-likeness (QED) is 0.419. The summed E-state index contributed by atoms with van der Waals surface area (Å²) in [5.74, 6) is 0.323. The average Bonchev–Trinajstić information content (AvgIpc) is 2.51. The number of ether oxygens (including phenoxy) is 1. The number of para-hydroxylation sites is 1. The van der Waals surface area contributed by atoms with Crippen LogP contribution in [0, 0.1) is 5.92 Å². The number of carbonyl (C=O) groups is 1. The van der Waals surface area contributed by atoms with Crippen LogP contribution in [0.4, 0.5) is 0 Å². The Labute approximate surface area is 126 Å². The van der Waals surface area contributed by atoms with E-state index in [-0.39, 0.29) is 11.9 Å². The van der Waals surface area contributed by atoms with Crippen molar-refractivity contribution in [2.75, 3.05) is 0 Å². The number of esters is 1. The van der Waals surface area contributed by atoms with Crippen LogP contribution in [0.15, 0.2) is 36.5 Å². The molecule has 1 heterocycles. The number of pyridine rings is 1. The number of hydrogen-bond acceptors (Lipinski definition) is 3. The Bertz CT molecular complexity index is 589. The second-order valence-electron chi connectivity index (χ2n) is 5.50. The summed E-state index contributed by atoms with van der Waals surface area (Å²) in [5.41, 5.74) is 0.742. The molecule has 1 unspecified atom stereocenters. The Kier molecular flexibility index (Phi) is 5.73. The van der Waals surface area contributed by atoms with Crippen molar-refractivity contribution in [3.63, 3.8) is 0 Å². The molecule has 1 atom stereocenters. The number of rotatable bonds is 7. The molecule has 0 fully saturated rings. The zero-order valence-electron chi connectivity index (χ0n) is 12.8. The van der Waals surface area contributed by atoms with Crippen LogP contribution in [0.2, 0.25) is 0 Å². The highest BCUT2D eigenvalue weighted by Gasteiger charge is 2.16. The normalized spacial score (nSPS) is 12.3. The molecule has 0 spiro atoms. The molecule has 1 aromatic carbocycles. The molecule has 0 N–H and O–H groups in total. The van der Waals surface area contributed by atoms with E-state index >= 15 is 0 Å². The molecule has 2 rings (SSSR count). The van der Waals surface area contributed by atoms with Crippen LogP contribution in [0.25, 0.3) is 10.9 Å². The molecule has 0 bridgehead atoms. The minimum atomic E-state index is -0.162. The van der Waals surface area contributed by atoms with Crippen molar-refractivity contribution in [1.82, 2.24) is 4.98 Å². The maximum atomic E-state index is 12.2. The third-order valence-corrected chi connectivity index (χ3v) is 3.70. The zero-order valence-corrected chi connectivity index (χ0v) is 12.8. The summed E-state index contributed by atoms with van der Waals surface area (Å²) in [6.45, 7) is 4.12. The van der Waals surface area contributed by atoms with Gasteiger partial charge in [-0.25, -0.2) is 0 Å². The van der Waals surface area contributed by atoms with E-state index in [4.69, 9.17) is 4.74 Å². The Hall–Kier alpha value is -1.90.